The molecular weight excluding hydrogens is 244 g/mol. The molecule has 0 fully saturated rings. The van der Waals surface area contributed by atoms with E-state index in [-0.39, 0.29) is 6.04 Å². The predicted octanol–water partition coefficient (Wildman–Crippen LogP) is 2.44. The monoisotopic (exact) mass is 262 g/mol. The zero-order chi connectivity index (χ0) is 13.0. The third-order valence-electron chi connectivity index (χ3n) is 2.83. The van der Waals surface area contributed by atoms with E-state index in [2.05, 4.69) is 32.6 Å². The summed E-state index contributed by atoms with van der Waals surface area (Å²) in [6.45, 7) is 7.04. The van der Waals surface area contributed by atoms with Crippen LogP contribution in [0.1, 0.15) is 35.1 Å². The van der Waals surface area contributed by atoms with Gasteiger partial charge in [0.25, 0.3) is 0 Å². The number of nitrogens with one attached hydrogen (secondary N) is 1. The smallest absolute Gasteiger partial charge is 0.0897 e. The second kappa shape index (κ2) is 6.02. The molecule has 2 aromatic heterocycles. The van der Waals surface area contributed by atoms with E-state index in [9.17, 15) is 0 Å². The molecule has 0 aliphatic carbocycles. The van der Waals surface area contributed by atoms with Crippen molar-refractivity contribution in [2.45, 2.75) is 33.2 Å². The van der Waals surface area contributed by atoms with Gasteiger partial charge in [-0.25, -0.2) is 4.98 Å². The van der Waals surface area contributed by atoms with E-state index >= 15 is 0 Å². The first-order valence-corrected chi connectivity index (χ1v) is 6.96. The van der Waals surface area contributed by atoms with Gasteiger partial charge in [0.1, 0.15) is 0 Å². The van der Waals surface area contributed by atoms with Crippen LogP contribution in [0.15, 0.2) is 17.8 Å². The molecule has 1 unspecified atom stereocenters. The molecule has 0 radical (unpaired) electrons. The van der Waals surface area contributed by atoms with Crippen molar-refractivity contribution in [1.82, 2.24) is 20.3 Å². The highest BCUT2D eigenvalue weighted by Crippen LogP contribution is 2.12. The van der Waals surface area contributed by atoms with Crippen molar-refractivity contribution in [2.24, 2.45) is 0 Å². The van der Waals surface area contributed by atoms with Crippen LogP contribution in [0.2, 0.25) is 0 Å². The molecule has 0 aromatic carbocycles. The number of aryl methyl sites for hydroxylation is 2. The third kappa shape index (κ3) is 3.34. The molecule has 4 nitrogen and oxygen atoms in total. The lowest BCUT2D eigenvalue weighted by Crippen LogP contribution is -2.23. The maximum absolute atomic E-state index is 4.45. The largest absolute Gasteiger partial charge is 0.308 e. The van der Waals surface area contributed by atoms with Crippen LogP contribution in [0.25, 0.3) is 0 Å². The van der Waals surface area contributed by atoms with E-state index in [1.807, 2.05) is 13.8 Å². The molecule has 0 bridgehead atoms. The van der Waals surface area contributed by atoms with Crippen LogP contribution in [0.4, 0.5) is 0 Å². The van der Waals surface area contributed by atoms with Gasteiger partial charge in [-0.1, -0.05) is 0 Å². The van der Waals surface area contributed by atoms with E-state index in [4.69, 9.17) is 0 Å². The molecule has 0 saturated heterocycles. The normalized spacial score (nSPS) is 12.6. The highest BCUT2D eigenvalue weighted by molar-refractivity contribution is 7.09. The topological polar surface area (TPSA) is 50.7 Å². The van der Waals surface area contributed by atoms with Gasteiger partial charge >= 0.3 is 0 Å². The second-order valence-corrected chi connectivity index (χ2v) is 5.37. The van der Waals surface area contributed by atoms with E-state index < -0.39 is 0 Å². The molecule has 0 amide bonds. The quantitative estimate of drug-likeness (QED) is 0.899. The van der Waals surface area contributed by atoms with Crippen molar-refractivity contribution in [3.8, 4) is 0 Å². The first-order valence-electron chi connectivity index (χ1n) is 6.08. The SMILES string of the molecule is Cc1nc(CCNC(C)c2nccnc2C)cs1. The Hall–Kier alpha value is -1.33. The molecule has 1 atom stereocenters. The van der Waals surface area contributed by atoms with Crippen molar-refractivity contribution in [2.75, 3.05) is 6.54 Å². The minimum atomic E-state index is 0.221. The van der Waals surface area contributed by atoms with Crippen LogP contribution in [-0.4, -0.2) is 21.5 Å². The molecule has 2 heterocycles. The average Bonchev–Trinajstić information content (AvgIpc) is 2.75. The van der Waals surface area contributed by atoms with Crippen molar-refractivity contribution in [3.05, 3.63) is 39.9 Å². The lowest BCUT2D eigenvalue weighted by molar-refractivity contribution is 0.556. The average molecular weight is 262 g/mol. The summed E-state index contributed by atoms with van der Waals surface area (Å²) in [5.74, 6) is 0. The van der Waals surface area contributed by atoms with Gasteiger partial charge in [-0.15, -0.1) is 11.3 Å². The lowest BCUT2D eigenvalue weighted by atomic mass is 10.2. The van der Waals surface area contributed by atoms with Crippen LogP contribution in [0.3, 0.4) is 0 Å². The summed E-state index contributed by atoms with van der Waals surface area (Å²) in [7, 11) is 0. The maximum Gasteiger partial charge on any atom is 0.0897 e. The third-order valence-corrected chi connectivity index (χ3v) is 3.65. The zero-order valence-corrected chi connectivity index (χ0v) is 11.8. The maximum atomic E-state index is 4.45. The molecule has 0 aliphatic heterocycles. The van der Waals surface area contributed by atoms with E-state index in [1.54, 1.807) is 23.7 Å². The summed E-state index contributed by atoms with van der Waals surface area (Å²) >= 11 is 1.70. The van der Waals surface area contributed by atoms with Gasteiger partial charge in [0.05, 0.1) is 22.1 Å². The molecule has 18 heavy (non-hydrogen) atoms. The summed E-state index contributed by atoms with van der Waals surface area (Å²) in [6, 6.07) is 0.221. The zero-order valence-electron chi connectivity index (χ0n) is 11.0. The van der Waals surface area contributed by atoms with Crippen LogP contribution in [-0.2, 0) is 6.42 Å². The number of hydrogen-bond acceptors (Lipinski definition) is 5. The van der Waals surface area contributed by atoms with E-state index in [0.29, 0.717) is 0 Å². The van der Waals surface area contributed by atoms with E-state index in [1.165, 1.54) is 0 Å². The minimum Gasteiger partial charge on any atom is -0.308 e. The van der Waals surface area contributed by atoms with Crippen molar-refractivity contribution >= 4 is 11.3 Å². The Labute approximate surface area is 112 Å². The van der Waals surface area contributed by atoms with E-state index in [0.717, 1.165) is 35.1 Å². The first kappa shape index (κ1) is 13.1. The van der Waals surface area contributed by atoms with Crippen LogP contribution >= 0.6 is 11.3 Å². The number of hydrogen-bond donors (Lipinski definition) is 1. The molecular formula is C13H18N4S. The Bertz CT molecular complexity index is 509. The predicted molar refractivity (Wildman–Crippen MR) is 73.7 cm³/mol. The molecule has 5 heteroatoms. The molecule has 2 aromatic rings. The van der Waals surface area contributed by atoms with Gasteiger partial charge in [-0.3, -0.25) is 9.97 Å². The van der Waals surface area contributed by atoms with Gasteiger partial charge in [0.2, 0.25) is 0 Å². The summed E-state index contributed by atoms with van der Waals surface area (Å²) in [4.78, 5) is 13.1. The summed E-state index contributed by atoms with van der Waals surface area (Å²) in [5.41, 5.74) is 3.17. The molecule has 96 valence electrons. The number of aromatic nitrogens is 3. The molecule has 0 saturated carbocycles. The Morgan fingerprint density at radius 2 is 2.06 bits per heavy atom. The minimum absolute atomic E-state index is 0.221. The fourth-order valence-corrected chi connectivity index (χ4v) is 2.53. The highest BCUT2D eigenvalue weighted by Gasteiger charge is 2.09. The lowest BCUT2D eigenvalue weighted by Gasteiger charge is -2.14. The number of thiazole rings is 1. The second-order valence-electron chi connectivity index (χ2n) is 4.31. The van der Waals surface area contributed by atoms with Crippen molar-refractivity contribution in [1.29, 1.82) is 0 Å². The molecule has 0 spiro atoms. The van der Waals surface area contributed by atoms with Gasteiger partial charge in [-0.2, -0.15) is 0 Å². The van der Waals surface area contributed by atoms with Gasteiger partial charge in [-0.05, 0) is 20.8 Å². The van der Waals surface area contributed by atoms with Crippen LogP contribution < -0.4 is 5.32 Å². The number of rotatable bonds is 5. The van der Waals surface area contributed by atoms with Crippen LogP contribution in [0.5, 0.6) is 0 Å². The van der Waals surface area contributed by atoms with Gasteiger partial charge in [0.15, 0.2) is 0 Å². The van der Waals surface area contributed by atoms with Gasteiger partial charge < -0.3 is 5.32 Å². The Morgan fingerprint density at radius 1 is 1.28 bits per heavy atom. The van der Waals surface area contributed by atoms with Crippen molar-refractivity contribution in [3.63, 3.8) is 0 Å². The Morgan fingerprint density at radius 3 is 2.72 bits per heavy atom. The van der Waals surface area contributed by atoms with Crippen LogP contribution in [0, 0.1) is 13.8 Å². The number of nitrogens with zero attached hydrogens (tertiary/aromatic N) is 3. The Balaban J connectivity index is 1.85. The summed E-state index contributed by atoms with van der Waals surface area (Å²) in [5, 5.41) is 6.71. The standard InChI is InChI=1S/C13H18N4S/c1-9(13-10(2)15-6-7-16-13)14-5-4-12-8-18-11(3)17-12/h6-9,14H,4-5H2,1-3H3. The fraction of sp³-hybridized carbons (Fsp3) is 0.462. The molecule has 0 aliphatic rings. The van der Waals surface area contributed by atoms with Gasteiger partial charge in [0, 0.05) is 36.8 Å². The first-order chi connectivity index (χ1) is 8.66. The summed E-state index contributed by atoms with van der Waals surface area (Å²) in [6.07, 6.45) is 4.42. The highest BCUT2D eigenvalue weighted by atomic mass is 32.1. The van der Waals surface area contributed by atoms with Crippen molar-refractivity contribution < 1.29 is 0 Å². The molecule has 1 N–H and O–H groups in total. The molecule has 2 rings (SSSR count). The summed E-state index contributed by atoms with van der Waals surface area (Å²) < 4.78 is 0. The Kier molecular flexibility index (Phi) is 4.38. The fourth-order valence-electron chi connectivity index (χ4n) is 1.88.